The molecule has 2 heterocycles. The van der Waals surface area contributed by atoms with Crippen molar-refractivity contribution in [2.24, 2.45) is 0 Å². The van der Waals surface area contributed by atoms with Gasteiger partial charge >= 0.3 is 0 Å². The maximum absolute atomic E-state index is 13.1. The maximum Gasteiger partial charge on any atom is 0.225 e. The van der Waals surface area contributed by atoms with Crippen molar-refractivity contribution >= 4 is 33.7 Å². The van der Waals surface area contributed by atoms with Crippen LogP contribution in [0.15, 0.2) is 17.3 Å². The minimum Gasteiger partial charge on any atom is -0.493 e. The number of H-pyrrole nitrogens is 1. The van der Waals surface area contributed by atoms with Gasteiger partial charge in [0, 0.05) is 11.5 Å². The minimum absolute atomic E-state index is 0.149. The highest BCUT2D eigenvalue weighted by atomic mass is 32.2. The van der Waals surface area contributed by atoms with E-state index in [9.17, 15) is 9.50 Å². The van der Waals surface area contributed by atoms with Crippen LogP contribution in [0.4, 0.5) is 4.39 Å². The Morgan fingerprint density at radius 3 is 3.06 bits per heavy atom. The maximum atomic E-state index is 13.1. The Morgan fingerprint density at radius 2 is 2.29 bits per heavy atom. The van der Waals surface area contributed by atoms with Crippen LogP contribution in [0.25, 0.3) is 21.9 Å². The Kier molecular flexibility index (Phi) is 2.19. The minimum atomic E-state index is -0.410. The molecule has 0 fully saturated rings. The van der Waals surface area contributed by atoms with Crippen LogP contribution in [0.2, 0.25) is 0 Å². The zero-order chi connectivity index (χ0) is 12.0. The number of nitrogens with one attached hydrogen (secondary N) is 1. The van der Waals surface area contributed by atoms with E-state index in [1.54, 1.807) is 0 Å². The molecular formula is C11H7FN3OS. The molecule has 6 heteroatoms. The van der Waals surface area contributed by atoms with E-state index in [2.05, 4.69) is 21.0 Å². The zero-order valence-electron chi connectivity index (χ0n) is 8.78. The van der Waals surface area contributed by atoms with Gasteiger partial charge in [-0.05, 0) is 18.4 Å². The number of hydrogen-bond donors (Lipinski definition) is 2. The number of nitrogens with zero attached hydrogens (tertiary/aromatic N) is 2. The van der Waals surface area contributed by atoms with E-state index in [0.717, 1.165) is 0 Å². The van der Waals surface area contributed by atoms with Crippen LogP contribution in [0, 0.1) is 11.9 Å². The molecule has 0 spiro atoms. The summed E-state index contributed by atoms with van der Waals surface area (Å²) in [4.78, 5) is 11.1. The molecule has 0 aliphatic heterocycles. The summed E-state index contributed by atoms with van der Waals surface area (Å²) in [5.41, 5.74) is 1.09. The predicted octanol–water partition coefficient (Wildman–Crippen LogP) is 2.48. The highest BCUT2D eigenvalue weighted by Gasteiger charge is 2.13. The Morgan fingerprint density at radius 1 is 1.47 bits per heavy atom. The summed E-state index contributed by atoms with van der Waals surface area (Å²) in [7, 11) is 0. The first-order valence-corrected chi connectivity index (χ1v) is 6.05. The summed E-state index contributed by atoms with van der Waals surface area (Å²) < 4.78 is 13.1. The summed E-state index contributed by atoms with van der Waals surface area (Å²) in [5.74, 6) is -0.559. The van der Waals surface area contributed by atoms with Crippen molar-refractivity contribution in [3.63, 3.8) is 0 Å². The molecule has 0 unspecified atom stereocenters. The number of thioether (sulfide) groups is 1. The Hall–Kier alpha value is -1.82. The number of aromatic nitrogens is 3. The van der Waals surface area contributed by atoms with Crippen LogP contribution in [-0.2, 0) is 0 Å². The fourth-order valence-electron chi connectivity index (χ4n) is 1.75. The number of rotatable bonds is 1. The number of halogens is 1. The first kappa shape index (κ1) is 10.3. The van der Waals surface area contributed by atoms with Crippen LogP contribution in [0.1, 0.15) is 0 Å². The standard InChI is InChI=1S/C11H7FN3OS/c1-17-11-14-9-8(10(16)15-11)6-4-5(12)2-3-7(6)13-9/h2,4H,1H3,(H2,13,14,15,16). The fraction of sp³-hybridized carbons (Fsp3) is 0.0909. The van der Waals surface area contributed by atoms with Gasteiger partial charge in [0.05, 0.1) is 10.9 Å². The predicted molar refractivity (Wildman–Crippen MR) is 63.6 cm³/mol. The number of aromatic amines is 1. The van der Waals surface area contributed by atoms with Crippen molar-refractivity contribution in [1.29, 1.82) is 0 Å². The zero-order valence-corrected chi connectivity index (χ0v) is 9.60. The van der Waals surface area contributed by atoms with E-state index in [-0.39, 0.29) is 5.88 Å². The normalized spacial score (nSPS) is 11.4. The number of hydrogen-bond acceptors (Lipinski definition) is 4. The van der Waals surface area contributed by atoms with Gasteiger partial charge < -0.3 is 10.1 Å². The molecule has 85 valence electrons. The third kappa shape index (κ3) is 1.52. The van der Waals surface area contributed by atoms with Crippen molar-refractivity contribution in [3.05, 3.63) is 24.0 Å². The average molecular weight is 248 g/mol. The van der Waals surface area contributed by atoms with Crippen molar-refractivity contribution in [1.82, 2.24) is 15.0 Å². The summed E-state index contributed by atoms with van der Waals surface area (Å²) in [6.45, 7) is 0. The van der Waals surface area contributed by atoms with E-state index in [4.69, 9.17) is 0 Å². The second kappa shape index (κ2) is 3.59. The van der Waals surface area contributed by atoms with Crippen LogP contribution in [0.5, 0.6) is 5.88 Å². The summed E-state index contributed by atoms with van der Waals surface area (Å²) in [6, 6.07) is 5.32. The molecule has 0 saturated heterocycles. The number of aromatic hydroxyl groups is 1. The molecule has 3 aromatic rings. The van der Waals surface area contributed by atoms with E-state index in [1.165, 1.54) is 23.9 Å². The molecule has 0 atom stereocenters. The molecule has 1 aromatic carbocycles. The van der Waals surface area contributed by atoms with Gasteiger partial charge in [-0.3, -0.25) is 0 Å². The van der Waals surface area contributed by atoms with Crippen LogP contribution in [-0.4, -0.2) is 26.3 Å². The lowest BCUT2D eigenvalue weighted by Gasteiger charge is -1.97. The molecule has 0 aliphatic rings. The van der Waals surface area contributed by atoms with Gasteiger partial charge in [0.25, 0.3) is 0 Å². The van der Waals surface area contributed by atoms with Gasteiger partial charge in [0.1, 0.15) is 11.5 Å². The van der Waals surface area contributed by atoms with Crippen LogP contribution in [0.3, 0.4) is 0 Å². The number of fused-ring (bicyclic) bond motifs is 3. The van der Waals surface area contributed by atoms with Gasteiger partial charge in [0.2, 0.25) is 5.88 Å². The quantitative estimate of drug-likeness (QED) is 0.513. The second-order valence-electron chi connectivity index (χ2n) is 3.49. The van der Waals surface area contributed by atoms with E-state index in [0.29, 0.717) is 27.1 Å². The molecule has 0 bridgehead atoms. The molecule has 2 aromatic heterocycles. The molecule has 4 nitrogen and oxygen atoms in total. The fourth-order valence-corrected chi connectivity index (χ4v) is 2.11. The lowest BCUT2D eigenvalue weighted by Crippen LogP contribution is -1.86. The van der Waals surface area contributed by atoms with Crippen LogP contribution >= 0.6 is 11.8 Å². The van der Waals surface area contributed by atoms with Gasteiger partial charge in [-0.1, -0.05) is 11.8 Å². The van der Waals surface area contributed by atoms with E-state index >= 15 is 0 Å². The molecule has 2 N–H and O–H groups in total. The smallest absolute Gasteiger partial charge is 0.225 e. The average Bonchev–Trinajstić information content (AvgIpc) is 2.66. The Bertz CT molecular complexity index is 725. The van der Waals surface area contributed by atoms with Crippen molar-refractivity contribution in [2.45, 2.75) is 5.16 Å². The van der Waals surface area contributed by atoms with E-state index < -0.39 is 5.82 Å². The largest absolute Gasteiger partial charge is 0.493 e. The third-order valence-corrected chi connectivity index (χ3v) is 3.02. The highest BCUT2D eigenvalue weighted by molar-refractivity contribution is 7.98. The molecule has 0 saturated carbocycles. The van der Waals surface area contributed by atoms with Gasteiger partial charge in [0.15, 0.2) is 5.16 Å². The Labute approximate surface area is 99.9 Å². The van der Waals surface area contributed by atoms with Crippen LogP contribution < -0.4 is 0 Å². The monoisotopic (exact) mass is 248 g/mol. The first-order chi connectivity index (χ1) is 8.19. The molecule has 1 radical (unpaired) electrons. The summed E-state index contributed by atoms with van der Waals surface area (Å²) >= 11 is 1.32. The molecule has 0 aliphatic carbocycles. The SMILES string of the molecule is CSc1nc(O)c2c(n1)[nH]c1[c]cc(F)cc12. The summed E-state index contributed by atoms with van der Waals surface area (Å²) in [6.07, 6.45) is 1.81. The van der Waals surface area contributed by atoms with Crippen molar-refractivity contribution in [3.8, 4) is 5.88 Å². The van der Waals surface area contributed by atoms with Crippen molar-refractivity contribution < 1.29 is 9.50 Å². The second-order valence-corrected chi connectivity index (χ2v) is 4.26. The van der Waals surface area contributed by atoms with Gasteiger partial charge in [-0.15, -0.1) is 0 Å². The number of benzene rings is 1. The van der Waals surface area contributed by atoms with Crippen molar-refractivity contribution in [2.75, 3.05) is 6.26 Å². The van der Waals surface area contributed by atoms with E-state index in [1.807, 2.05) is 6.26 Å². The van der Waals surface area contributed by atoms with Gasteiger partial charge in [-0.25, -0.2) is 9.37 Å². The molecular weight excluding hydrogens is 241 g/mol. The Balaban J connectivity index is 2.48. The lowest BCUT2D eigenvalue weighted by molar-refractivity contribution is 0.454. The third-order valence-electron chi connectivity index (χ3n) is 2.47. The molecule has 3 rings (SSSR count). The van der Waals surface area contributed by atoms with Gasteiger partial charge in [-0.2, -0.15) is 4.98 Å². The highest BCUT2D eigenvalue weighted by Crippen LogP contribution is 2.31. The molecule has 17 heavy (non-hydrogen) atoms. The first-order valence-electron chi connectivity index (χ1n) is 4.82. The topological polar surface area (TPSA) is 61.8 Å². The molecule has 0 amide bonds. The summed E-state index contributed by atoms with van der Waals surface area (Å²) in [5, 5.41) is 11.3. The lowest BCUT2D eigenvalue weighted by atomic mass is 10.2.